The normalized spacial score (nSPS) is 16.8. The minimum absolute atomic E-state index is 0.0281. The van der Waals surface area contributed by atoms with E-state index in [2.05, 4.69) is 4.74 Å². The minimum Gasteiger partial charge on any atom is -0.469 e. The van der Waals surface area contributed by atoms with E-state index in [9.17, 15) is 18.0 Å². The molecule has 0 amide bonds. The summed E-state index contributed by atoms with van der Waals surface area (Å²) in [5.41, 5.74) is 4.62. The Morgan fingerprint density at radius 2 is 1.75 bits per heavy atom. The Morgan fingerprint density at radius 3 is 2.00 bits per heavy atom. The molecule has 0 saturated carbocycles. The summed E-state index contributed by atoms with van der Waals surface area (Å²) in [7, 11) is 1.06. The van der Waals surface area contributed by atoms with Gasteiger partial charge in [-0.2, -0.15) is 13.2 Å². The first-order valence-electron chi connectivity index (χ1n) is 4.89. The predicted molar refractivity (Wildman–Crippen MR) is 53.6 cm³/mol. The molecule has 2 atom stereocenters. The lowest BCUT2D eigenvalue weighted by atomic mass is 9.81. The summed E-state index contributed by atoms with van der Waals surface area (Å²) < 4.78 is 41.7. The highest BCUT2D eigenvalue weighted by molar-refractivity contribution is 5.73. The van der Waals surface area contributed by atoms with E-state index in [0.29, 0.717) is 0 Å². The Labute approximate surface area is 93.1 Å². The van der Waals surface area contributed by atoms with Crippen LogP contribution in [0.25, 0.3) is 0 Å². The highest BCUT2D eigenvalue weighted by Crippen LogP contribution is 2.32. The third-order valence-electron chi connectivity index (χ3n) is 2.15. The molecule has 0 aliphatic rings. The predicted octanol–water partition coefficient (Wildman–Crippen LogP) is 2.10. The molecule has 0 saturated heterocycles. The van der Waals surface area contributed by atoms with Crippen molar-refractivity contribution in [3.8, 4) is 0 Å². The van der Waals surface area contributed by atoms with Crippen molar-refractivity contribution in [2.45, 2.75) is 39.4 Å². The molecule has 0 bridgehead atoms. The molecule has 0 spiro atoms. The van der Waals surface area contributed by atoms with Crippen LogP contribution in [-0.4, -0.2) is 25.3 Å². The van der Waals surface area contributed by atoms with Crippen molar-refractivity contribution in [3.63, 3.8) is 0 Å². The highest BCUT2D eigenvalue weighted by atomic mass is 19.4. The zero-order valence-corrected chi connectivity index (χ0v) is 9.89. The van der Waals surface area contributed by atoms with Gasteiger partial charge >= 0.3 is 12.1 Å². The number of carbonyl (C=O) groups excluding carboxylic acids is 1. The quantitative estimate of drug-likeness (QED) is 0.770. The van der Waals surface area contributed by atoms with Gasteiger partial charge in [0.25, 0.3) is 0 Å². The van der Waals surface area contributed by atoms with Crippen LogP contribution in [0.1, 0.15) is 27.2 Å². The van der Waals surface area contributed by atoms with E-state index < -0.39 is 29.5 Å². The molecule has 0 heterocycles. The van der Waals surface area contributed by atoms with Crippen molar-refractivity contribution in [2.24, 2.45) is 17.1 Å². The molecule has 0 aliphatic heterocycles. The molecule has 0 aromatic carbocycles. The summed E-state index contributed by atoms with van der Waals surface area (Å²) in [6.07, 6.45) is -4.57. The van der Waals surface area contributed by atoms with Crippen molar-refractivity contribution in [1.29, 1.82) is 0 Å². The first-order chi connectivity index (χ1) is 6.99. The summed E-state index contributed by atoms with van der Waals surface area (Å²) in [6.45, 7) is 5.23. The minimum atomic E-state index is -4.59. The van der Waals surface area contributed by atoms with Gasteiger partial charge in [0.05, 0.1) is 13.0 Å². The molecule has 0 aromatic rings. The topological polar surface area (TPSA) is 52.3 Å². The maximum Gasteiger partial charge on any atom is 0.404 e. The number of carbonyl (C=O) groups is 1. The number of hydrogen-bond donors (Lipinski definition) is 1. The van der Waals surface area contributed by atoms with Crippen molar-refractivity contribution in [2.75, 3.05) is 7.11 Å². The Kier molecular flexibility index (Phi) is 4.79. The SMILES string of the molecule is COC(=O)[C@H](CC(C)(C)C)[C@@H](N)C(F)(F)F. The Hall–Kier alpha value is -0.780. The summed E-state index contributed by atoms with van der Waals surface area (Å²) in [6, 6.07) is -2.18. The first-order valence-corrected chi connectivity index (χ1v) is 4.89. The van der Waals surface area contributed by atoms with Gasteiger partial charge in [-0.25, -0.2) is 0 Å². The van der Waals surface area contributed by atoms with Crippen LogP contribution in [-0.2, 0) is 9.53 Å². The van der Waals surface area contributed by atoms with E-state index in [4.69, 9.17) is 5.73 Å². The Balaban J connectivity index is 4.89. The number of rotatable bonds is 3. The molecule has 16 heavy (non-hydrogen) atoms. The number of ether oxygens (including phenoxy) is 1. The van der Waals surface area contributed by atoms with Crippen molar-refractivity contribution >= 4 is 5.97 Å². The molecular weight excluding hydrogens is 223 g/mol. The van der Waals surface area contributed by atoms with E-state index >= 15 is 0 Å². The lowest BCUT2D eigenvalue weighted by Crippen LogP contribution is -2.48. The van der Waals surface area contributed by atoms with Gasteiger partial charge in [0.15, 0.2) is 0 Å². The zero-order valence-electron chi connectivity index (χ0n) is 9.89. The number of hydrogen-bond acceptors (Lipinski definition) is 3. The summed E-state index contributed by atoms with van der Waals surface area (Å²) in [5, 5.41) is 0. The van der Waals surface area contributed by atoms with Crippen LogP contribution in [0.3, 0.4) is 0 Å². The summed E-state index contributed by atoms with van der Waals surface area (Å²) in [5.74, 6) is -2.27. The lowest BCUT2D eigenvalue weighted by Gasteiger charge is -2.29. The van der Waals surface area contributed by atoms with Gasteiger partial charge < -0.3 is 10.5 Å². The van der Waals surface area contributed by atoms with E-state index in [0.717, 1.165) is 7.11 Å². The average Bonchev–Trinajstić information content (AvgIpc) is 2.09. The van der Waals surface area contributed by atoms with E-state index in [1.54, 1.807) is 20.8 Å². The van der Waals surface area contributed by atoms with Crippen LogP contribution in [0.5, 0.6) is 0 Å². The van der Waals surface area contributed by atoms with E-state index in [1.807, 2.05) is 0 Å². The molecule has 96 valence electrons. The molecular formula is C10H18F3NO2. The van der Waals surface area contributed by atoms with Gasteiger partial charge in [-0.15, -0.1) is 0 Å². The number of alkyl halides is 3. The molecule has 2 N–H and O–H groups in total. The lowest BCUT2D eigenvalue weighted by molar-refractivity contribution is -0.176. The Bertz CT molecular complexity index is 245. The number of esters is 1. The van der Waals surface area contributed by atoms with Crippen LogP contribution in [0, 0.1) is 11.3 Å². The molecule has 3 nitrogen and oxygen atoms in total. The maximum atomic E-state index is 12.4. The van der Waals surface area contributed by atoms with Crippen LogP contribution in [0.15, 0.2) is 0 Å². The van der Waals surface area contributed by atoms with Crippen LogP contribution >= 0.6 is 0 Å². The molecule has 6 heteroatoms. The molecule has 0 aliphatic carbocycles. The fraction of sp³-hybridized carbons (Fsp3) is 0.900. The van der Waals surface area contributed by atoms with Crippen LogP contribution < -0.4 is 5.73 Å². The number of methoxy groups -OCH3 is 1. The second-order valence-electron chi connectivity index (χ2n) is 4.96. The molecule has 0 rings (SSSR count). The fourth-order valence-corrected chi connectivity index (χ4v) is 1.40. The summed E-state index contributed by atoms with van der Waals surface area (Å²) in [4.78, 5) is 11.3. The van der Waals surface area contributed by atoms with Gasteiger partial charge in [-0.3, -0.25) is 4.79 Å². The third kappa shape index (κ3) is 4.83. The smallest absolute Gasteiger partial charge is 0.404 e. The van der Waals surface area contributed by atoms with Gasteiger partial charge in [0.2, 0.25) is 0 Å². The van der Waals surface area contributed by atoms with E-state index in [1.165, 1.54) is 0 Å². The third-order valence-corrected chi connectivity index (χ3v) is 2.15. The van der Waals surface area contributed by atoms with Gasteiger partial charge in [-0.1, -0.05) is 20.8 Å². The standard InChI is InChI=1S/C10H18F3NO2/c1-9(2,3)5-6(8(15)16-4)7(14)10(11,12)13/h6-7H,5,14H2,1-4H3/t6-,7-/m1/s1. The monoisotopic (exact) mass is 241 g/mol. The van der Waals surface area contributed by atoms with Crippen molar-refractivity contribution in [1.82, 2.24) is 0 Å². The Morgan fingerprint density at radius 1 is 1.31 bits per heavy atom. The first kappa shape index (κ1) is 15.2. The number of nitrogens with two attached hydrogens (primary N) is 1. The second kappa shape index (κ2) is 5.03. The van der Waals surface area contributed by atoms with Crippen molar-refractivity contribution < 1.29 is 22.7 Å². The van der Waals surface area contributed by atoms with Gasteiger partial charge in [0.1, 0.15) is 6.04 Å². The van der Waals surface area contributed by atoms with Gasteiger partial charge in [0, 0.05) is 0 Å². The largest absolute Gasteiger partial charge is 0.469 e. The molecule has 0 fully saturated rings. The maximum absolute atomic E-state index is 12.4. The average molecular weight is 241 g/mol. The molecule has 0 unspecified atom stereocenters. The van der Waals surface area contributed by atoms with Crippen molar-refractivity contribution in [3.05, 3.63) is 0 Å². The van der Waals surface area contributed by atoms with Crippen LogP contribution in [0.4, 0.5) is 13.2 Å². The van der Waals surface area contributed by atoms with Gasteiger partial charge in [-0.05, 0) is 11.8 Å². The van der Waals surface area contributed by atoms with Crippen LogP contribution in [0.2, 0.25) is 0 Å². The number of halogens is 3. The summed E-state index contributed by atoms with van der Waals surface area (Å²) >= 11 is 0. The highest BCUT2D eigenvalue weighted by Gasteiger charge is 2.46. The zero-order chi connectivity index (χ0) is 13.1. The second-order valence-corrected chi connectivity index (χ2v) is 4.96. The fourth-order valence-electron chi connectivity index (χ4n) is 1.40. The molecule has 0 radical (unpaired) electrons. The molecule has 0 aromatic heterocycles. The van der Waals surface area contributed by atoms with E-state index in [-0.39, 0.29) is 6.42 Å².